The van der Waals surface area contributed by atoms with Gasteiger partial charge in [0.2, 0.25) is 0 Å². The number of nitrogens with one attached hydrogen (secondary N) is 1. The van der Waals surface area contributed by atoms with Gasteiger partial charge in [0.05, 0.1) is 25.9 Å². The first kappa shape index (κ1) is 13.4. The fourth-order valence-electron chi connectivity index (χ4n) is 2.74. The summed E-state index contributed by atoms with van der Waals surface area (Å²) in [6.07, 6.45) is 2.63. The number of halogens is 1. The summed E-state index contributed by atoms with van der Waals surface area (Å²) in [4.78, 5) is 0. The van der Waals surface area contributed by atoms with Crippen LogP contribution in [-0.2, 0) is 9.47 Å². The molecule has 1 N–H and O–H groups in total. The molecular weight excluding hydrogens is 262 g/mol. The van der Waals surface area contributed by atoms with Gasteiger partial charge in [-0.05, 0) is 36.5 Å². The van der Waals surface area contributed by atoms with E-state index in [-0.39, 0.29) is 6.10 Å². The van der Waals surface area contributed by atoms with Crippen molar-refractivity contribution in [1.29, 1.82) is 0 Å². The summed E-state index contributed by atoms with van der Waals surface area (Å²) in [5, 5.41) is 4.38. The van der Waals surface area contributed by atoms with Gasteiger partial charge in [-0.25, -0.2) is 0 Å². The van der Waals surface area contributed by atoms with Crippen LogP contribution in [0.1, 0.15) is 24.3 Å². The maximum atomic E-state index is 5.90. The lowest BCUT2D eigenvalue weighted by Gasteiger charge is -2.37. The lowest BCUT2D eigenvalue weighted by Crippen LogP contribution is -2.46. The lowest BCUT2D eigenvalue weighted by molar-refractivity contribution is -0.0878. The topological polar surface area (TPSA) is 30.5 Å². The van der Waals surface area contributed by atoms with Crippen molar-refractivity contribution >= 4 is 11.6 Å². The summed E-state index contributed by atoms with van der Waals surface area (Å²) in [7, 11) is 0. The third-order valence-electron chi connectivity index (χ3n) is 4.00. The lowest BCUT2D eigenvalue weighted by atomic mass is 9.76. The Balaban J connectivity index is 1.39. The van der Waals surface area contributed by atoms with Crippen molar-refractivity contribution in [3.05, 3.63) is 34.9 Å². The van der Waals surface area contributed by atoms with Gasteiger partial charge in [0.15, 0.2) is 0 Å². The van der Waals surface area contributed by atoms with Gasteiger partial charge in [-0.2, -0.15) is 0 Å². The Bertz CT molecular complexity index is 397. The zero-order valence-corrected chi connectivity index (χ0v) is 11.7. The molecule has 4 heteroatoms. The van der Waals surface area contributed by atoms with E-state index in [4.69, 9.17) is 21.1 Å². The first-order valence-corrected chi connectivity index (χ1v) is 7.37. The Hall–Kier alpha value is -0.610. The summed E-state index contributed by atoms with van der Waals surface area (Å²) in [6, 6.07) is 8.85. The summed E-state index contributed by atoms with van der Waals surface area (Å²) in [6.45, 7) is 3.08. The molecule has 0 bridgehead atoms. The minimum Gasteiger partial charge on any atom is -0.376 e. The molecule has 0 radical (unpaired) electrons. The van der Waals surface area contributed by atoms with Crippen molar-refractivity contribution in [2.75, 3.05) is 26.4 Å². The molecule has 2 aliphatic rings. The summed E-state index contributed by atoms with van der Waals surface area (Å²) in [5.41, 5.74) is 1.40. The van der Waals surface area contributed by atoms with E-state index in [0.29, 0.717) is 12.0 Å². The number of rotatable bonds is 4. The molecule has 3 rings (SSSR count). The predicted molar refractivity (Wildman–Crippen MR) is 75.8 cm³/mol. The van der Waals surface area contributed by atoms with E-state index in [0.717, 1.165) is 31.4 Å². The molecule has 1 heterocycles. The summed E-state index contributed by atoms with van der Waals surface area (Å²) in [5.74, 6) is 0.679. The van der Waals surface area contributed by atoms with E-state index >= 15 is 0 Å². The molecule has 3 nitrogen and oxygen atoms in total. The highest BCUT2D eigenvalue weighted by atomic mass is 35.5. The predicted octanol–water partition coefficient (Wildman–Crippen LogP) is 2.59. The third kappa shape index (κ3) is 3.48. The van der Waals surface area contributed by atoms with Crippen LogP contribution in [0.3, 0.4) is 0 Å². The Kier molecular flexibility index (Phi) is 4.38. The van der Waals surface area contributed by atoms with E-state index in [1.807, 2.05) is 12.1 Å². The molecule has 2 fully saturated rings. The fourth-order valence-corrected chi connectivity index (χ4v) is 2.87. The second kappa shape index (κ2) is 6.23. The maximum absolute atomic E-state index is 5.90. The molecule has 1 aromatic rings. The van der Waals surface area contributed by atoms with Crippen molar-refractivity contribution in [2.45, 2.75) is 30.9 Å². The maximum Gasteiger partial charge on any atom is 0.0933 e. The van der Waals surface area contributed by atoms with Gasteiger partial charge in [-0.3, -0.25) is 0 Å². The van der Waals surface area contributed by atoms with E-state index < -0.39 is 0 Å². The quantitative estimate of drug-likeness (QED) is 0.920. The molecule has 1 aromatic carbocycles. The van der Waals surface area contributed by atoms with Crippen LogP contribution in [0.5, 0.6) is 0 Å². The SMILES string of the molecule is Clc1ccc(C2CC(NCC3COCCO3)C2)cc1. The third-order valence-corrected chi connectivity index (χ3v) is 4.25. The van der Waals surface area contributed by atoms with Crippen LogP contribution in [0.15, 0.2) is 24.3 Å². The summed E-state index contributed by atoms with van der Waals surface area (Å²) >= 11 is 5.90. The van der Waals surface area contributed by atoms with Gasteiger partial charge >= 0.3 is 0 Å². The van der Waals surface area contributed by atoms with Crippen LogP contribution >= 0.6 is 11.6 Å². The number of ether oxygens (including phenoxy) is 2. The molecule has 1 aliphatic carbocycles. The van der Waals surface area contributed by atoms with Gasteiger partial charge in [0, 0.05) is 17.6 Å². The first-order chi connectivity index (χ1) is 9.31. The minimum atomic E-state index is 0.225. The first-order valence-electron chi connectivity index (χ1n) is 6.99. The van der Waals surface area contributed by atoms with Crippen LogP contribution in [0, 0.1) is 0 Å². The Morgan fingerprint density at radius 1 is 1.16 bits per heavy atom. The van der Waals surface area contributed by atoms with Crippen LogP contribution in [-0.4, -0.2) is 38.5 Å². The average molecular weight is 282 g/mol. The van der Waals surface area contributed by atoms with Gasteiger partial charge in [0.1, 0.15) is 0 Å². The van der Waals surface area contributed by atoms with Crippen LogP contribution in [0.25, 0.3) is 0 Å². The van der Waals surface area contributed by atoms with Crippen LogP contribution in [0.2, 0.25) is 5.02 Å². The fraction of sp³-hybridized carbons (Fsp3) is 0.600. The Morgan fingerprint density at radius 2 is 1.95 bits per heavy atom. The Labute approximate surface area is 119 Å². The molecule has 0 spiro atoms. The summed E-state index contributed by atoms with van der Waals surface area (Å²) < 4.78 is 11.0. The monoisotopic (exact) mass is 281 g/mol. The normalized spacial score (nSPS) is 30.9. The van der Waals surface area contributed by atoms with Gasteiger partial charge in [0.25, 0.3) is 0 Å². The van der Waals surface area contributed by atoms with Crippen LogP contribution in [0.4, 0.5) is 0 Å². The highest BCUT2D eigenvalue weighted by molar-refractivity contribution is 6.30. The van der Waals surface area contributed by atoms with E-state index in [9.17, 15) is 0 Å². The van der Waals surface area contributed by atoms with E-state index in [2.05, 4.69) is 17.4 Å². The number of hydrogen-bond acceptors (Lipinski definition) is 3. The highest BCUT2D eigenvalue weighted by Crippen LogP contribution is 2.37. The van der Waals surface area contributed by atoms with Crippen molar-refractivity contribution in [1.82, 2.24) is 5.32 Å². The molecule has 1 saturated heterocycles. The van der Waals surface area contributed by atoms with Crippen molar-refractivity contribution in [3.8, 4) is 0 Å². The van der Waals surface area contributed by atoms with Gasteiger partial charge in [-0.15, -0.1) is 0 Å². The minimum absolute atomic E-state index is 0.225. The van der Waals surface area contributed by atoms with Gasteiger partial charge < -0.3 is 14.8 Å². The molecule has 19 heavy (non-hydrogen) atoms. The number of hydrogen-bond donors (Lipinski definition) is 1. The molecule has 1 aliphatic heterocycles. The highest BCUT2D eigenvalue weighted by Gasteiger charge is 2.30. The zero-order valence-electron chi connectivity index (χ0n) is 11.0. The van der Waals surface area contributed by atoms with Crippen molar-refractivity contribution in [3.63, 3.8) is 0 Å². The molecule has 1 atom stereocenters. The molecule has 1 saturated carbocycles. The standard InChI is InChI=1S/C15H20ClNO2/c16-13-3-1-11(2-4-13)12-7-14(8-12)17-9-15-10-18-5-6-19-15/h1-4,12,14-15,17H,5-10H2. The van der Waals surface area contributed by atoms with E-state index in [1.54, 1.807) is 0 Å². The molecule has 104 valence electrons. The second-order valence-corrected chi connectivity index (χ2v) is 5.83. The molecular formula is C15H20ClNO2. The molecule has 0 amide bonds. The smallest absolute Gasteiger partial charge is 0.0933 e. The largest absolute Gasteiger partial charge is 0.376 e. The van der Waals surface area contributed by atoms with E-state index in [1.165, 1.54) is 18.4 Å². The van der Waals surface area contributed by atoms with Crippen molar-refractivity contribution < 1.29 is 9.47 Å². The Morgan fingerprint density at radius 3 is 2.63 bits per heavy atom. The zero-order chi connectivity index (χ0) is 13.1. The molecule has 1 unspecified atom stereocenters. The molecule has 0 aromatic heterocycles. The second-order valence-electron chi connectivity index (χ2n) is 5.39. The van der Waals surface area contributed by atoms with Gasteiger partial charge in [-0.1, -0.05) is 23.7 Å². The van der Waals surface area contributed by atoms with Crippen LogP contribution < -0.4 is 5.32 Å². The number of benzene rings is 1. The average Bonchev–Trinajstić information content (AvgIpc) is 2.40. The van der Waals surface area contributed by atoms with Crippen molar-refractivity contribution in [2.24, 2.45) is 0 Å².